The Bertz CT molecular complexity index is 655. The molecule has 0 saturated carbocycles. The van der Waals surface area contributed by atoms with Crippen molar-refractivity contribution in [2.75, 3.05) is 32.8 Å². The number of hydrogen-bond acceptors (Lipinski definition) is 4. The zero-order chi connectivity index (χ0) is 17.7. The number of piperidine rings is 1. The summed E-state index contributed by atoms with van der Waals surface area (Å²) in [7, 11) is 0. The molecule has 2 saturated heterocycles. The highest BCUT2D eigenvalue weighted by atomic mass is 16.6. The van der Waals surface area contributed by atoms with Crippen molar-refractivity contribution in [1.29, 1.82) is 5.26 Å². The number of rotatable bonds is 4. The molecule has 0 bridgehead atoms. The van der Waals surface area contributed by atoms with Gasteiger partial charge in [-0.05, 0) is 49.9 Å². The van der Waals surface area contributed by atoms with E-state index in [1.54, 1.807) is 0 Å². The van der Waals surface area contributed by atoms with Crippen LogP contribution in [0.25, 0.3) is 0 Å². The van der Waals surface area contributed by atoms with Crippen LogP contribution in [0, 0.1) is 16.7 Å². The van der Waals surface area contributed by atoms with Gasteiger partial charge in [0.05, 0.1) is 18.2 Å². The van der Waals surface area contributed by atoms with Crippen LogP contribution in [0.2, 0.25) is 0 Å². The van der Waals surface area contributed by atoms with Gasteiger partial charge in [-0.15, -0.1) is 0 Å². The minimum absolute atomic E-state index is 0.152. The van der Waals surface area contributed by atoms with Gasteiger partial charge in [0.15, 0.2) is 0 Å². The molecule has 5 heteroatoms. The highest BCUT2D eigenvalue weighted by Gasteiger charge is 2.42. The molecule has 1 spiro atoms. The number of benzene rings is 1. The molecular formula is C20H27N3O2. The van der Waals surface area contributed by atoms with Gasteiger partial charge < -0.3 is 9.64 Å². The van der Waals surface area contributed by atoms with Crippen molar-refractivity contribution in [1.82, 2.24) is 9.80 Å². The maximum absolute atomic E-state index is 12.2. The van der Waals surface area contributed by atoms with Gasteiger partial charge in [0.2, 0.25) is 0 Å². The fourth-order valence-electron chi connectivity index (χ4n) is 4.14. The third-order valence-electron chi connectivity index (χ3n) is 5.33. The first-order valence-corrected chi connectivity index (χ1v) is 9.27. The van der Waals surface area contributed by atoms with Crippen LogP contribution in [-0.4, -0.2) is 48.7 Å². The van der Waals surface area contributed by atoms with Gasteiger partial charge in [0, 0.05) is 31.6 Å². The molecule has 0 radical (unpaired) electrons. The molecule has 0 aliphatic carbocycles. The Morgan fingerprint density at radius 2 is 2.20 bits per heavy atom. The van der Waals surface area contributed by atoms with Crippen LogP contribution in [0.4, 0.5) is 4.79 Å². The summed E-state index contributed by atoms with van der Waals surface area (Å²) in [4.78, 5) is 16.6. The van der Waals surface area contributed by atoms with Gasteiger partial charge in [-0.3, -0.25) is 4.90 Å². The summed E-state index contributed by atoms with van der Waals surface area (Å²) in [6.07, 6.45) is 4.07. The number of carbonyl (C=O) groups excluding carboxylic acids is 1. The summed E-state index contributed by atoms with van der Waals surface area (Å²) in [6.45, 7) is 7.08. The smallest absolute Gasteiger partial charge is 0.409 e. The predicted octanol–water partition coefficient (Wildman–Crippen LogP) is 3.39. The molecule has 2 heterocycles. The second-order valence-electron chi connectivity index (χ2n) is 7.41. The van der Waals surface area contributed by atoms with Crippen LogP contribution in [-0.2, 0) is 11.3 Å². The van der Waals surface area contributed by atoms with Crippen LogP contribution in [0.15, 0.2) is 24.3 Å². The molecule has 0 unspecified atom stereocenters. The van der Waals surface area contributed by atoms with Crippen molar-refractivity contribution in [2.45, 2.75) is 39.2 Å². The van der Waals surface area contributed by atoms with Crippen LogP contribution in [0.3, 0.4) is 0 Å². The van der Waals surface area contributed by atoms with Crippen LogP contribution < -0.4 is 0 Å². The summed E-state index contributed by atoms with van der Waals surface area (Å²) in [5.41, 5.74) is 2.11. The Labute approximate surface area is 150 Å². The summed E-state index contributed by atoms with van der Waals surface area (Å²) in [6, 6.07) is 10.1. The van der Waals surface area contributed by atoms with Gasteiger partial charge in [-0.25, -0.2) is 4.79 Å². The van der Waals surface area contributed by atoms with E-state index in [1.165, 1.54) is 12.0 Å². The Morgan fingerprint density at radius 1 is 1.32 bits per heavy atom. The maximum atomic E-state index is 12.2. The lowest BCUT2D eigenvalue weighted by atomic mass is 9.79. The van der Waals surface area contributed by atoms with Crippen molar-refractivity contribution in [3.8, 4) is 6.07 Å². The van der Waals surface area contributed by atoms with Gasteiger partial charge >= 0.3 is 6.09 Å². The summed E-state index contributed by atoms with van der Waals surface area (Å²) in [5.74, 6) is 0. The van der Waals surface area contributed by atoms with Crippen molar-refractivity contribution in [3.05, 3.63) is 35.4 Å². The summed E-state index contributed by atoms with van der Waals surface area (Å²) in [5, 5.41) is 9.05. The van der Waals surface area contributed by atoms with Crippen LogP contribution >= 0.6 is 0 Å². The number of likely N-dealkylation sites (tertiary alicyclic amines) is 2. The number of ether oxygens (including phenoxy) is 1. The lowest BCUT2D eigenvalue weighted by Gasteiger charge is -2.40. The highest BCUT2D eigenvalue weighted by molar-refractivity contribution is 5.67. The fourth-order valence-corrected chi connectivity index (χ4v) is 4.14. The molecule has 3 rings (SSSR count). The Hall–Kier alpha value is -2.06. The lowest BCUT2D eigenvalue weighted by molar-refractivity contribution is 0.0574. The Kier molecular flexibility index (Phi) is 5.60. The Balaban J connectivity index is 1.59. The molecule has 2 aliphatic rings. The predicted molar refractivity (Wildman–Crippen MR) is 95.9 cm³/mol. The molecule has 1 aromatic carbocycles. The van der Waals surface area contributed by atoms with Crippen molar-refractivity contribution < 1.29 is 9.53 Å². The van der Waals surface area contributed by atoms with Gasteiger partial charge in [0.25, 0.3) is 0 Å². The average Bonchev–Trinajstić information content (AvgIpc) is 3.01. The van der Waals surface area contributed by atoms with Gasteiger partial charge in [-0.1, -0.05) is 19.1 Å². The first-order valence-electron chi connectivity index (χ1n) is 9.27. The van der Waals surface area contributed by atoms with Crippen molar-refractivity contribution in [2.24, 2.45) is 5.41 Å². The van der Waals surface area contributed by atoms with E-state index in [2.05, 4.69) is 17.0 Å². The largest absolute Gasteiger partial charge is 0.449 e. The molecule has 2 aliphatic heterocycles. The van der Waals surface area contributed by atoms with E-state index < -0.39 is 0 Å². The first-order chi connectivity index (χ1) is 12.1. The quantitative estimate of drug-likeness (QED) is 0.842. The molecule has 134 valence electrons. The van der Waals surface area contributed by atoms with Gasteiger partial charge in [-0.2, -0.15) is 5.26 Å². The highest BCUT2D eigenvalue weighted by Crippen LogP contribution is 2.39. The zero-order valence-electron chi connectivity index (χ0n) is 15.0. The molecule has 0 aromatic heterocycles. The fraction of sp³-hybridized carbons (Fsp3) is 0.600. The second kappa shape index (κ2) is 7.88. The lowest BCUT2D eigenvalue weighted by Crippen LogP contribution is -2.47. The minimum Gasteiger partial charge on any atom is -0.449 e. The van der Waals surface area contributed by atoms with Gasteiger partial charge in [0.1, 0.15) is 0 Å². The third kappa shape index (κ3) is 4.32. The molecular weight excluding hydrogens is 314 g/mol. The van der Waals surface area contributed by atoms with Crippen LogP contribution in [0.1, 0.15) is 43.7 Å². The molecule has 25 heavy (non-hydrogen) atoms. The number of amides is 1. The third-order valence-corrected chi connectivity index (χ3v) is 5.33. The summed E-state index contributed by atoms with van der Waals surface area (Å²) >= 11 is 0. The van der Waals surface area contributed by atoms with Crippen molar-refractivity contribution >= 4 is 6.09 Å². The molecule has 0 N–H and O–H groups in total. The first kappa shape index (κ1) is 17.8. The molecule has 1 aromatic rings. The minimum atomic E-state index is -0.152. The number of carbonyl (C=O) groups is 1. The topological polar surface area (TPSA) is 56.6 Å². The standard InChI is InChI=1S/C20H27N3O2/c1-2-11-25-19(24)23-9-4-7-20(16-23)8-10-22(15-20)14-18-6-3-5-17(12-18)13-21/h3,5-6,12H,2,4,7-11,14-16H2,1H3/t20-/m0/s1. The SMILES string of the molecule is CCCOC(=O)N1CCC[C@@]2(CCN(Cc3cccc(C#N)c3)C2)C1. The monoisotopic (exact) mass is 341 g/mol. The molecule has 1 amide bonds. The Morgan fingerprint density at radius 3 is 3.00 bits per heavy atom. The van der Waals surface area contributed by atoms with E-state index >= 15 is 0 Å². The van der Waals surface area contributed by atoms with E-state index in [-0.39, 0.29) is 11.5 Å². The molecule has 2 fully saturated rings. The normalized spacial score (nSPS) is 23.6. The molecule has 1 atom stereocenters. The van der Waals surface area contributed by atoms with Crippen LogP contribution in [0.5, 0.6) is 0 Å². The van der Waals surface area contributed by atoms with E-state index in [1.807, 2.05) is 30.0 Å². The van der Waals surface area contributed by atoms with E-state index in [0.717, 1.165) is 52.0 Å². The number of nitriles is 1. The molecule has 5 nitrogen and oxygen atoms in total. The average molecular weight is 341 g/mol. The maximum Gasteiger partial charge on any atom is 0.409 e. The number of hydrogen-bond donors (Lipinski definition) is 0. The van der Waals surface area contributed by atoms with Crippen molar-refractivity contribution in [3.63, 3.8) is 0 Å². The van der Waals surface area contributed by atoms with E-state index in [0.29, 0.717) is 12.2 Å². The summed E-state index contributed by atoms with van der Waals surface area (Å²) < 4.78 is 5.32. The zero-order valence-corrected chi connectivity index (χ0v) is 15.0. The second-order valence-corrected chi connectivity index (χ2v) is 7.41. The van der Waals surface area contributed by atoms with E-state index in [9.17, 15) is 4.79 Å². The van der Waals surface area contributed by atoms with E-state index in [4.69, 9.17) is 10.00 Å². The number of nitrogens with zero attached hydrogens (tertiary/aromatic N) is 3.